The van der Waals surface area contributed by atoms with Crippen LogP contribution in [0.3, 0.4) is 0 Å². The van der Waals surface area contributed by atoms with E-state index in [1.54, 1.807) is 36.4 Å². The van der Waals surface area contributed by atoms with E-state index in [1.165, 1.54) is 6.26 Å². The maximum absolute atomic E-state index is 12.6. The summed E-state index contributed by atoms with van der Waals surface area (Å²) in [4.78, 5) is 38.7. The molecule has 4 rings (SSSR count). The molecular weight excluding hydrogens is 358 g/mol. The van der Waals surface area contributed by atoms with Crippen molar-refractivity contribution in [2.75, 3.05) is 23.7 Å². The third kappa shape index (κ3) is 4.24. The highest BCUT2D eigenvalue weighted by atomic mass is 16.3. The molecule has 146 valence electrons. The molecule has 1 aromatic heterocycles. The molecular formula is C21H23N3O4. The van der Waals surface area contributed by atoms with Gasteiger partial charge in [-0.1, -0.05) is 6.07 Å². The Morgan fingerprint density at radius 2 is 1.61 bits per heavy atom. The molecule has 2 aliphatic rings. The van der Waals surface area contributed by atoms with Crippen LogP contribution in [0.15, 0.2) is 47.1 Å². The topological polar surface area (TPSA) is 91.7 Å². The second kappa shape index (κ2) is 7.88. The lowest BCUT2D eigenvalue weighted by molar-refractivity contribution is -0.135. The molecule has 7 heteroatoms. The van der Waals surface area contributed by atoms with Gasteiger partial charge in [-0.2, -0.15) is 0 Å². The molecule has 0 radical (unpaired) electrons. The Morgan fingerprint density at radius 3 is 2.25 bits per heavy atom. The fourth-order valence-corrected chi connectivity index (χ4v) is 3.47. The zero-order chi connectivity index (χ0) is 19.5. The molecule has 1 aliphatic heterocycles. The van der Waals surface area contributed by atoms with Crippen LogP contribution in [0.2, 0.25) is 0 Å². The van der Waals surface area contributed by atoms with Crippen molar-refractivity contribution in [3.63, 3.8) is 0 Å². The second-order valence-corrected chi connectivity index (χ2v) is 7.38. The zero-order valence-electron chi connectivity index (χ0n) is 15.5. The smallest absolute Gasteiger partial charge is 0.291 e. The van der Waals surface area contributed by atoms with Gasteiger partial charge >= 0.3 is 0 Å². The summed E-state index contributed by atoms with van der Waals surface area (Å²) in [6.45, 7) is 1.29. The molecule has 2 aromatic rings. The molecule has 0 bridgehead atoms. The van der Waals surface area contributed by atoms with E-state index in [2.05, 4.69) is 10.6 Å². The Kier molecular flexibility index (Phi) is 5.14. The molecule has 28 heavy (non-hydrogen) atoms. The maximum atomic E-state index is 12.6. The van der Waals surface area contributed by atoms with E-state index in [-0.39, 0.29) is 35.3 Å². The molecule has 1 aliphatic carbocycles. The normalized spacial score (nSPS) is 17.2. The summed E-state index contributed by atoms with van der Waals surface area (Å²) in [6.07, 6.45) is 4.81. The predicted octanol–water partition coefficient (Wildman–Crippen LogP) is 3.12. The predicted molar refractivity (Wildman–Crippen MR) is 104 cm³/mol. The summed E-state index contributed by atoms with van der Waals surface area (Å²) in [6, 6.07) is 10.2. The molecule has 1 saturated heterocycles. The number of rotatable bonds is 5. The number of amides is 3. The monoisotopic (exact) mass is 381 g/mol. The van der Waals surface area contributed by atoms with E-state index in [0.29, 0.717) is 37.3 Å². The first-order chi connectivity index (χ1) is 13.6. The summed E-state index contributed by atoms with van der Waals surface area (Å²) in [5.74, 6) is 0.198. The summed E-state index contributed by atoms with van der Waals surface area (Å²) in [5.41, 5.74) is 1.20. The minimum Gasteiger partial charge on any atom is -0.459 e. The van der Waals surface area contributed by atoms with Crippen molar-refractivity contribution in [2.45, 2.75) is 25.7 Å². The van der Waals surface area contributed by atoms with Crippen LogP contribution in [0, 0.1) is 11.8 Å². The Hall–Kier alpha value is -3.09. The van der Waals surface area contributed by atoms with Gasteiger partial charge in [0.2, 0.25) is 11.8 Å². The summed E-state index contributed by atoms with van der Waals surface area (Å²) in [7, 11) is 0. The van der Waals surface area contributed by atoms with E-state index in [1.807, 2.05) is 4.90 Å². The largest absolute Gasteiger partial charge is 0.459 e. The van der Waals surface area contributed by atoms with Crippen molar-refractivity contribution in [3.05, 3.63) is 48.4 Å². The lowest BCUT2D eigenvalue weighted by atomic mass is 9.95. The number of anilines is 2. The fourth-order valence-electron chi connectivity index (χ4n) is 3.47. The van der Waals surface area contributed by atoms with Crippen LogP contribution < -0.4 is 10.6 Å². The Balaban J connectivity index is 1.31. The third-order valence-electron chi connectivity index (χ3n) is 5.24. The Morgan fingerprint density at radius 1 is 0.893 bits per heavy atom. The van der Waals surface area contributed by atoms with Gasteiger partial charge in [0.1, 0.15) is 0 Å². The highest BCUT2D eigenvalue weighted by molar-refractivity contribution is 6.02. The number of hydrogen-bond acceptors (Lipinski definition) is 4. The van der Waals surface area contributed by atoms with Crippen molar-refractivity contribution >= 4 is 29.1 Å². The first kappa shape index (κ1) is 18.3. The van der Waals surface area contributed by atoms with Crippen LogP contribution in [0.5, 0.6) is 0 Å². The molecule has 3 amide bonds. The molecule has 0 atom stereocenters. The maximum Gasteiger partial charge on any atom is 0.291 e. The number of carbonyl (C=O) groups excluding carboxylic acids is 3. The number of likely N-dealkylation sites (tertiary alicyclic amines) is 1. The van der Waals surface area contributed by atoms with Crippen molar-refractivity contribution in [1.82, 2.24) is 4.90 Å². The van der Waals surface area contributed by atoms with E-state index in [4.69, 9.17) is 4.42 Å². The first-order valence-electron chi connectivity index (χ1n) is 9.65. The third-order valence-corrected chi connectivity index (χ3v) is 5.24. The van der Waals surface area contributed by atoms with Gasteiger partial charge in [-0.3, -0.25) is 14.4 Å². The minimum absolute atomic E-state index is 0.0481. The molecule has 0 spiro atoms. The van der Waals surface area contributed by atoms with Crippen molar-refractivity contribution in [3.8, 4) is 0 Å². The molecule has 2 N–H and O–H groups in total. The van der Waals surface area contributed by atoms with Crippen LogP contribution in [-0.2, 0) is 9.59 Å². The summed E-state index contributed by atoms with van der Waals surface area (Å²) in [5, 5.41) is 5.67. The van der Waals surface area contributed by atoms with Gasteiger partial charge in [-0.15, -0.1) is 0 Å². The van der Waals surface area contributed by atoms with Crippen molar-refractivity contribution < 1.29 is 18.8 Å². The molecule has 1 aromatic carbocycles. The zero-order valence-corrected chi connectivity index (χ0v) is 15.5. The van der Waals surface area contributed by atoms with E-state index in [0.717, 1.165) is 12.8 Å². The van der Waals surface area contributed by atoms with Crippen molar-refractivity contribution in [1.29, 1.82) is 0 Å². The highest BCUT2D eigenvalue weighted by Gasteiger charge is 2.35. The molecule has 2 fully saturated rings. The average Bonchev–Trinajstić information content (AvgIpc) is 3.41. The van der Waals surface area contributed by atoms with Gasteiger partial charge < -0.3 is 20.0 Å². The Labute approximate surface area is 163 Å². The van der Waals surface area contributed by atoms with Crippen LogP contribution in [0.25, 0.3) is 0 Å². The number of piperidine rings is 1. The van der Waals surface area contributed by atoms with E-state index in [9.17, 15) is 14.4 Å². The number of nitrogens with zero attached hydrogens (tertiary/aromatic N) is 1. The van der Waals surface area contributed by atoms with E-state index < -0.39 is 0 Å². The van der Waals surface area contributed by atoms with Crippen LogP contribution in [0.4, 0.5) is 11.4 Å². The van der Waals surface area contributed by atoms with Gasteiger partial charge in [0.15, 0.2) is 5.76 Å². The lowest BCUT2D eigenvalue weighted by Crippen LogP contribution is -2.42. The molecule has 1 saturated carbocycles. The number of benzene rings is 1. The molecule has 2 heterocycles. The van der Waals surface area contributed by atoms with Gasteiger partial charge in [0.05, 0.1) is 6.26 Å². The van der Waals surface area contributed by atoms with Gasteiger partial charge in [0.25, 0.3) is 5.91 Å². The standard InChI is InChI=1S/C21H23N3O4/c25-19(14-8-10-24(11-9-14)21(27)15-6-7-15)22-16-3-1-4-17(13-16)23-20(26)18-5-2-12-28-18/h1-5,12-15H,6-11H2,(H,22,25)(H,23,26). The number of furan rings is 1. The lowest BCUT2D eigenvalue weighted by Gasteiger charge is -2.31. The first-order valence-corrected chi connectivity index (χ1v) is 9.65. The molecule has 0 unspecified atom stereocenters. The highest BCUT2D eigenvalue weighted by Crippen LogP contribution is 2.32. The van der Waals surface area contributed by atoms with Crippen LogP contribution >= 0.6 is 0 Å². The number of carbonyl (C=O) groups is 3. The average molecular weight is 381 g/mol. The van der Waals surface area contributed by atoms with Crippen LogP contribution in [-0.4, -0.2) is 35.7 Å². The quantitative estimate of drug-likeness (QED) is 0.832. The van der Waals surface area contributed by atoms with Gasteiger partial charge in [-0.05, 0) is 56.0 Å². The second-order valence-electron chi connectivity index (χ2n) is 7.38. The van der Waals surface area contributed by atoms with Gasteiger partial charge in [0, 0.05) is 36.3 Å². The van der Waals surface area contributed by atoms with Gasteiger partial charge in [-0.25, -0.2) is 0 Å². The molecule has 7 nitrogen and oxygen atoms in total. The van der Waals surface area contributed by atoms with Crippen LogP contribution in [0.1, 0.15) is 36.2 Å². The SMILES string of the molecule is O=C(Nc1cccc(NC(=O)C2CCN(C(=O)C3CC3)CC2)c1)c1ccco1. The number of hydrogen-bond donors (Lipinski definition) is 2. The van der Waals surface area contributed by atoms with Crippen molar-refractivity contribution in [2.24, 2.45) is 11.8 Å². The fraction of sp³-hybridized carbons (Fsp3) is 0.381. The van der Waals surface area contributed by atoms with E-state index >= 15 is 0 Å². The summed E-state index contributed by atoms with van der Waals surface area (Å²) < 4.78 is 5.08. The minimum atomic E-state index is -0.346. The summed E-state index contributed by atoms with van der Waals surface area (Å²) >= 11 is 0. The Bertz CT molecular complexity index is 866. The number of nitrogens with one attached hydrogen (secondary N) is 2.